The molecule has 3 amide bonds. The van der Waals surface area contributed by atoms with Gasteiger partial charge in [0, 0.05) is 75.6 Å². The number of aryl methyl sites for hydroxylation is 1. The van der Waals surface area contributed by atoms with E-state index in [1.54, 1.807) is 19.2 Å². The molecule has 0 radical (unpaired) electrons. The number of piperidine rings is 1. The Kier molecular flexibility index (Phi) is 8.52. The third-order valence-electron chi connectivity index (χ3n) is 8.61. The first kappa shape index (κ1) is 27.6. The molecule has 2 atom stereocenters. The molecule has 5 rings (SSSR count). The molecular formula is C30H38ClN5O3. The molecule has 1 aromatic carbocycles. The molecule has 0 bridgehead atoms. The predicted octanol–water partition coefficient (Wildman–Crippen LogP) is 3.73. The molecule has 1 aromatic heterocycles. The van der Waals surface area contributed by atoms with Crippen LogP contribution in [0, 0.1) is 24.7 Å². The lowest BCUT2D eigenvalue weighted by Gasteiger charge is -2.34. The van der Waals surface area contributed by atoms with Crippen molar-refractivity contribution in [2.75, 3.05) is 57.3 Å². The number of anilines is 1. The van der Waals surface area contributed by atoms with E-state index in [1.165, 1.54) is 0 Å². The SMILES string of the molecule is CC(=O)N1CCC(C(=O)N(CCCN2CC3CN(C(=O)c4ccccn4)CC3C2)c2ccc(C)c(Cl)c2)CC1. The van der Waals surface area contributed by atoms with Crippen molar-refractivity contribution < 1.29 is 14.4 Å². The van der Waals surface area contributed by atoms with Crippen molar-refractivity contribution >= 4 is 35.0 Å². The van der Waals surface area contributed by atoms with Crippen LogP contribution in [0.15, 0.2) is 42.6 Å². The summed E-state index contributed by atoms with van der Waals surface area (Å²) in [6.07, 6.45) is 3.91. The first-order valence-electron chi connectivity index (χ1n) is 14.1. The summed E-state index contributed by atoms with van der Waals surface area (Å²) in [5.41, 5.74) is 2.34. The molecule has 0 N–H and O–H groups in total. The van der Waals surface area contributed by atoms with Gasteiger partial charge in [0.1, 0.15) is 5.69 Å². The highest BCUT2D eigenvalue weighted by Gasteiger charge is 2.41. The number of halogens is 1. The lowest BCUT2D eigenvalue weighted by Crippen LogP contribution is -2.44. The van der Waals surface area contributed by atoms with Gasteiger partial charge < -0.3 is 19.6 Å². The molecule has 2 aromatic rings. The second-order valence-corrected chi connectivity index (χ2v) is 11.7. The molecule has 2 unspecified atom stereocenters. The molecule has 3 aliphatic heterocycles. The molecule has 0 spiro atoms. The summed E-state index contributed by atoms with van der Waals surface area (Å²) < 4.78 is 0. The van der Waals surface area contributed by atoms with Gasteiger partial charge in [-0.05, 0) is 74.4 Å². The molecule has 0 saturated carbocycles. The van der Waals surface area contributed by atoms with E-state index in [1.807, 2.05) is 52.0 Å². The first-order chi connectivity index (χ1) is 18.8. The van der Waals surface area contributed by atoms with Crippen molar-refractivity contribution in [2.45, 2.75) is 33.1 Å². The van der Waals surface area contributed by atoms with Crippen molar-refractivity contribution in [3.05, 3.63) is 58.9 Å². The maximum absolute atomic E-state index is 13.7. The quantitative estimate of drug-likeness (QED) is 0.524. The predicted molar refractivity (Wildman–Crippen MR) is 152 cm³/mol. The number of carbonyl (C=O) groups is 3. The fourth-order valence-corrected chi connectivity index (χ4v) is 6.50. The largest absolute Gasteiger partial charge is 0.343 e. The Labute approximate surface area is 235 Å². The van der Waals surface area contributed by atoms with Crippen LogP contribution in [0.25, 0.3) is 0 Å². The van der Waals surface area contributed by atoms with Gasteiger partial charge in [0.05, 0.1) is 0 Å². The van der Waals surface area contributed by atoms with Gasteiger partial charge in [-0.3, -0.25) is 19.4 Å². The Morgan fingerprint density at radius 1 is 1.00 bits per heavy atom. The summed E-state index contributed by atoms with van der Waals surface area (Å²) in [4.78, 5) is 50.6. The molecule has 8 nitrogen and oxygen atoms in total. The van der Waals surface area contributed by atoms with Crippen LogP contribution >= 0.6 is 11.6 Å². The van der Waals surface area contributed by atoms with Gasteiger partial charge in [-0.2, -0.15) is 0 Å². The van der Waals surface area contributed by atoms with E-state index in [9.17, 15) is 14.4 Å². The van der Waals surface area contributed by atoms with Gasteiger partial charge in [-0.25, -0.2) is 0 Å². The fraction of sp³-hybridized carbons (Fsp3) is 0.533. The second kappa shape index (κ2) is 12.0. The van der Waals surface area contributed by atoms with Gasteiger partial charge in [-0.15, -0.1) is 0 Å². The first-order valence-corrected chi connectivity index (χ1v) is 14.4. The van der Waals surface area contributed by atoms with E-state index in [-0.39, 0.29) is 23.6 Å². The summed E-state index contributed by atoms with van der Waals surface area (Å²) in [6.45, 7) is 9.86. The molecular weight excluding hydrogens is 514 g/mol. The van der Waals surface area contributed by atoms with Crippen LogP contribution in [0.3, 0.4) is 0 Å². The van der Waals surface area contributed by atoms with Crippen LogP contribution in [0.5, 0.6) is 0 Å². The summed E-state index contributed by atoms with van der Waals surface area (Å²) in [7, 11) is 0. The van der Waals surface area contributed by atoms with Crippen LogP contribution in [0.2, 0.25) is 5.02 Å². The van der Waals surface area contributed by atoms with Crippen molar-refractivity contribution in [2.24, 2.45) is 17.8 Å². The molecule has 3 fully saturated rings. The minimum atomic E-state index is -0.0885. The lowest BCUT2D eigenvalue weighted by atomic mass is 9.94. The minimum absolute atomic E-state index is 0.0246. The number of amides is 3. The number of pyridine rings is 1. The zero-order valence-corrected chi connectivity index (χ0v) is 23.6. The molecule has 3 aliphatic rings. The molecule has 0 aliphatic carbocycles. The third kappa shape index (κ3) is 6.28. The van der Waals surface area contributed by atoms with Crippen molar-refractivity contribution in [1.82, 2.24) is 19.7 Å². The average Bonchev–Trinajstić information content (AvgIpc) is 3.52. The topological polar surface area (TPSA) is 77.1 Å². The van der Waals surface area contributed by atoms with Crippen LogP contribution in [0.4, 0.5) is 5.69 Å². The molecule has 3 saturated heterocycles. The van der Waals surface area contributed by atoms with Crippen LogP contribution in [0.1, 0.15) is 42.2 Å². The summed E-state index contributed by atoms with van der Waals surface area (Å²) >= 11 is 6.45. The number of nitrogens with zero attached hydrogens (tertiary/aromatic N) is 5. The molecule has 4 heterocycles. The maximum atomic E-state index is 13.7. The Balaban J connectivity index is 1.16. The molecule has 208 valence electrons. The number of rotatable bonds is 7. The Morgan fingerprint density at radius 3 is 2.33 bits per heavy atom. The van der Waals surface area contributed by atoms with E-state index in [2.05, 4.69) is 9.88 Å². The average molecular weight is 552 g/mol. The van der Waals surface area contributed by atoms with Gasteiger partial charge in [-0.1, -0.05) is 23.7 Å². The second-order valence-electron chi connectivity index (χ2n) is 11.3. The smallest absolute Gasteiger partial charge is 0.272 e. The highest BCUT2D eigenvalue weighted by atomic mass is 35.5. The maximum Gasteiger partial charge on any atom is 0.272 e. The Morgan fingerprint density at radius 2 is 1.72 bits per heavy atom. The van der Waals surface area contributed by atoms with E-state index >= 15 is 0 Å². The highest BCUT2D eigenvalue weighted by Crippen LogP contribution is 2.32. The summed E-state index contributed by atoms with van der Waals surface area (Å²) in [5, 5.41) is 0.661. The number of carbonyl (C=O) groups excluding carboxylic acids is 3. The number of likely N-dealkylation sites (tertiary alicyclic amines) is 3. The van der Waals surface area contributed by atoms with Gasteiger partial charge in [0.2, 0.25) is 11.8 Å². The van der Waals surface area contributed by atoms with Gasteiger partial charge >= 0.3 is 0 Å². The Hall–Kier alpha value is -2.97. The number of hydrogen-bond acceptors (Lipinski definition) is 5. The number of hydrogen-bond donors (Lipinski definition) is 0. The zero-order valence-electron chi connectivity index (χ0n) is 22.9. The molecule has 39 heavy (non-hydrogen) atoms. The van der Waals surface area contributed by atoms with Crippen molar-refractivity contribution in [3.63, 3.8) is 0 Å². The van der Waals surface area contributed by atoms with E-state index < -0.39 is 0 Å². The monoisotopic (exact) mass is 551 g/mol. The van der Waals surface area contributed by atoms with Crippen molar-refractivity contribution in [3.8, 4) is 0 Å². The normalized spacial score (nSPS) is 21.7. The Bertz CT molecular complexity index is 1190. The van der Waals surface area contributed by atoms with E-state index in [4.69, 9.17) is 11.6 Å². The standard InChI is InChI=1S/C30H38ClN5O3/c1-21-7-8-26(16-27(21)31)36(29(38)23-9-14-34(15-10-23)22(2)37)13-5-12-33-17-24-19-35(20-25(24)18-33)30(39)28-6-3-4-11-32-28/h3-4,6-8,11,16,23-25H,5,9-10,12-15,17-20H2,1-2H3. The van der Waals surface area contributed by atoms with Crippen LogP contribution in [-0.4, -0.2) is 89.8 Å². The van der Waals surface area contributed by atoms with Crippen molar-refractivity contribution in [1.29, 1.82) is 0 Å². The summed E-state index contributed by atoms with van der Waals surface area (Å²) in [6, 6.07) is 11.3. The van der Waals surface area contributed by atoms with Crippen LogP contribution < -0.4 is 4.90 Å². The highest BCUT2D eigenvalue weighted by molar-refractivity contribution is 6.31. The fourth-order valence-electron chi connectivity index (χ4n) is 6.32. The van der Waals surface area contributed by atoms with Gasteiger partial charge in [0.25, 0.3) is 5.91 Å². The molecule has 9 heteroatoms. The van der Waals surface area contributed by atoms with E-state index in [0.717, 1.165) is 50.4 Å². The van der Waals surface area contributed by atoms with Gasteiger partial charge in [0.15, 0.2) is 0 Å². The zero-order chi connectivity index (χ0) is 27.5. The van der Waals surface area contributed by atoms with Crippen LogP contribution in [-0.2, 0) is 9.59 Å². The number of aromatic nitrogens is 1. The number of fused-ring (bicyclic) bond motifs is 1. The lowest BCUT2D eigenvalue weighted by molar-refractivity contribution is -0.133. The third-order valence-corrected chi connectivity index (χ3v) is 9.02. The number of benzene rings is 1. The summed E-state index contributed by atoms with van der Waals surface area (Å²) in [5.74, 6) is 1.10. The van der Waals surface area contributed by atoms with E-state index in [0.29, 0.717) is 55.0 Å². The minimum Gasteiger partial charge on any atom is -0.343 e.